The second kappa shape index (κ2) is 3.25. The van der Waals surface area contributed by atoms with Gasteiger partial charge >= 0.3 is 0 Å². The number of nitro groups is 1. The van der Waals surface area contributed by atoms with Gasteiger partial charge in [-0.1, -0.05) is 6.07 Å². The molecule has 0 amide bonds. The number of nitrogens with zero attached hydrogens (tertiary/aromatic N) is 4. The molecule has 1 aromatic heterocycles. The summed E-state index contributed by atoms with van der Waals surface area (Å²) in [6, 6.07) is 6.20. The molecule has 14 heavy (non-hydrogen) atoms. The smallest absolute Gasteiger partial charge is 0.258 e. The fraction of sp³-hybridized carbons (Fsp3) is 0. The van der Waals surface area contributed by atoms with Crippen LogP contribution in [-0.2, 0) is 0 Å². The minimum absolute atomic E-state index is 0.0398. The summed E-state index contributed by atoms with van der Waals surface area (Å²) >= 11 is 0. The van der Waals surface area contributed by atoms with E-state index in [4.69, 9.17) is 0 Å². The first-order valence-corrected chi connectivity index (χ1v) is 3.87. The van der Waals surface area contributed by atoms with Gasteiger partial charge in [-0.3, -0.25) is 10.1 Å². The lowest BCUT2D eigenvalue weighted by atomic mass is 10.3. The van der Waals surface area contributed by atoms with Gasteiger partial charge in [-0.25, -0.2) is 9.67 Å². The Kier molecular flexibility index (Phi) is 1.94. The molecule has 0 radical (unpaired) electrons. The van der Waals surface area contributed by atoms with E-state index < -0.39 is 4.92 Å². The topological polar surface area (TPSA) is 73.8 Å². The molecule has 0 fully saturated rings. The van der Waals surface area contributed by atoms with E-state index in [-0.39, 0.29) is 5.69 Å². The highest BCUT2D eigenvalue weighted by Gasteiger charge is 2.06. The van der Waals surface area contributed by atoms with E-state index in [0.717, 1.165) is 0 Å². The molecule has 0 spiro atoms. The Hall–Kier alpha value is -2.24. The van der Waals surface area contributed by atoms with Crippen LogP contribution < -0.4 is 0 Å². The zero-order valence-corrected chi connectivity index (χ0v) is 7.07. The molecule has 6 nitrogen and oxygen atoms in total. The SMILES string of the molecule is O=[N+]([O-])c1cccc(-n2cncn2)c1. The van der Waals surface area contributed by atoms with Crippen molar-refractivity contribution in [1.82, 2.24) is 14.8 Å². The third-order valence-electron chi connectivity index (χ3n) is 1.72. The molecular formula is C8H6N4O2. The quantitative estimate of drug-likeness (QED) is 0.526. The fourth-order valence-corrected chi connectivity index (χ4v) is 1.09. The van der Waals surface area contributed by atoms with Gasteiger partial charge in [-0.05, 0) is 6.07 Å². The minimum Gasteiger partial charge on any atom is -0.258 e. The van der Waals surface area contributed by atoms with Crippen LogP contribution >= 0.6 is 0 Å². The zero-order valence-electron chi connectivity index (χ0n) is 7.07. The average Bonchev–Trinajstić information content (AvgIpc) is 2.71. The molecule has 0 aliphatic rings. The van der Waals surface area contributed by atoms with E-state index in [1.165, 1.54) is 29.5 Å². The Morgan fingerprint density at radius 2 is 2.29 bits per heavy atom. The Balaban J connectivity index is 2.46. The van der Waals surface area contributed by atoms with Crippen molar-refractivity contribution in [3.63, 3.8) is 0 Å². The molecule has 0 saturated heterocycles. The van der Waals surface area contributed by atoms with Crippen LogP contribution in [0, 0.1) is 10.1 Å². The predicted octanol–water partition coefficient (Wildman–Crippen LogP) is 1.18. The normalized spacial score (nSPS) is 10.0. The summed E-state index contributed by atoms with van der Waals surface area (Å²) in [7, 11) is 0. The summed E-state index contributed by atoms with van der Waals surface area (Å²) in [4.78, 5) is 13.8. The molecule has 0 unspecified atom stereocenters. The summed E-state index contributed by atoms with van der Waals surface area (Å²) in [5, 5.41) is 14.4. The molecule has 0 N–H and O–H groups in total. The first kappa shape index (κ1) is 8.36. The van der Waals surface area contributed by atoms with Crippen molar-refractivity contribution in [1.29, 1.82) is 0 Å². The Morgan fingerprint density at radius 1 is 1.43 bits per heavy atom. The lowest BCUT2D eigenvalue weighted by Crippen LogP contribution is -1.95. The van der Waals surface area contributed by atoms with Gasteiger partial charge in [0, 0.05) is 12.1 Å². The Morgan fingerprint density at radius 3 is 2.93 bits per heavy atom. The second-order valence-corrected chi connectivity index (χ2v) is 2.62. The van der Waals surface area contributed by atoms with E-state index in [9.17, 15) is 10.1 Å². The number of nitro benzene ring substituents is 1. The van der Waals surface area contributed by atoms with E-state index in [0.29, 0.717) is 5.69 Å². The molecule has 0 bridgehead atoms. The van der Waals surface area contributed by atoms with Crippen LogP contribution in [0.25, 0.3) is 5.69 Å². The number of hydrogen-bond donors (Lipinski definition) is 0. The van der Waals surface area contributed by atoms with Crippen molar-refractivity contribution in [2.75, 3.05) is 0 Å². The van der Waals surface area contributed by atoms with Crippen molar-refractivity contribution >= 4 is 5.69 Å². The number of hydrogen-bond acceptors (Lipinski definition) is 4. The fourth-order valence-electron chi connectivity index (χ4n) is 1.09. The van der Waals surface area contributed by atoms with Gasteiger partial charge in [0.25, 0.3) is 5.69 Å². The number of benzene rings is 1. The summed E-state index contributed by atoms with van der Waals surface area (Å²) < 4.78 is 1.47. The molecular weight excluding hydrogens is 184 g/mol. The lowest BCUT2D eigenvalue weighted by molar-refractivity contribution is -0.384. The first-order valence-electron chi connectivity index (χ1n) is 3.87. The van der Waals surface area contributed by atoms with E-state index in [1.807, 2.05) is 0 Å². The van der Waals surface area contributed by atoms with E-state index >= 15 is 0 Å². The number of aromatic nitrogens is 3. The first-order chi connectivity index (χ1) is 6.77. The largest absolute Gasteiger partial charge is 0.271 e. The highest BCUT2D eigenvalue weighted by molar-refractivity contribution is 5.42. The summed E-state index contributed by atoms with van der Waals surface area (Å²) in [5.41, 5.74) is 0.662. The van der Waals surface area contributed by atoms with Crippen molar-refractivity contribution < 1.29 is 4.92 Å². The Bertz CT molecular complexity index is 452. The predicted molar refractivity (Wildman–Crippen MR) is 48.0 cm³/mol. The van der Waals surface area contributed by atoms with E-state index in [2.05, 4.69) is 10.1 Å². The van der Waals surface area contributed by atoms with Crippen molar-refractivity contribution in [2.24, 2.45) is 0 Å². The zero-order chi connectivity index (χ0) is 9.97. The standard InChI is InChI=1S/C8H6N4O2/c13-12(14)8-3-1-2-7(4-8)11-6-9-5-10-11/h1-6H. The van der Waals surface area contributed by atoms with Crippen LogP contribution in [0.4, 0.5) is 5.69 Å². The van der Waals surface area contributed by atoms with Gasteiger partial charge in [-0.15, -0.1) is 0 Å². The van der Waals surface area contributed by atoms with Gasteiger partial charge < -0.3 is 0 Å². The van der Waals surface area contributed by atoms with Crippen molar-refractivity contribution in [3.05, 3.63) is 47.0 Å². The molecule has 0 atom stereocenters. The number of rotatable bonds is 2. The molecule has 1 heterocycles. The highest BCUT2D eigenvalue weighted by Crippen LogP contribution is 2.15. The molecule has 2 aromatic rings. The van der Waals surface area contributed by atoms with Gasteiger partial charge in [0.1, 0.15) is 12.7 Å². The van der Waals surface area contributed by atoms with Crippen molar-refractivity contribution in [3.8, 4) is 5.69 Å². The average molecular weight is 190 g/mol. The van der Waals surface area contributed by atoms with Crippen LogP contribution in [0.2, 0.25) is 0 Å². The minimum atomic E-state index is -0.444. The molecule has 2 rings (SSSR count). The summed E-state index contributed by atoms with van der Waals surface area (Å²) in [6.07, 6.45) is 2.86. The maximum absolute atomic E-state index is 10.5. The molecule has 1 aromatic carbocycles. The highest BCUT2D eigenvalue weighted by atomic mass is 16.6. The van der Waals surface area contributed by atoms with E-state index in [1.54, 1.807) is 12.1 Å². The number of non-ortho nitro benzene ring substituents is 1. The molecule has 70 valence electrons. The second-order valence-electron chi connectivity index (χ2n) is 2.62. The van der Waals surface area contributed by atoms with Crippen LogP contribution in [0.5, 0.6) is 0 Å². The van der Waals surface area contributed by atoms with Gasteiger partial charge in [-0.2, -0.15) is 5.10 Å². The monoisotopic (exact) mass is 190 g/mol. The maximum atomic E-state index is 10.5. The molecule has 6 heteroatoms. The molecule has 0 aliphatic carbocycles. The molecule has 0 saturated carbocycles. The van der Waals surface area contributed by atoms with Crippen LogP contribution in [-0.4, -0.2) is 19.7 Å². The van der Waals surface area contributed by atoms with Gasteiger partial charge in [0.2, 0.25) is 0 Å². The summed E-state index contributed by atoms with van der Waals surface area (Å²) in [5.74, 6) is 0. The Labute approximate surface area is 79.0 Å². The molecule has 0 aliphatic heterocycles. The van der Waals surface area contributed by atoms with Crippen LogP contribution in [0.15, 0.2) is 36.9 Å². The maximum Gasteiger partial charge on any atom is 0.271 e. The lowest BCUT2D eigenvalue weighted by Gasteiger charge is -1.98. The third kappa shape index (κ3) is 1.45. The van der Waals surface area contributed by atoms with Crippen LogP contribution in [0.1, 0.15) is 0 Å². The van der Waals surface area contributed by atoms with Gasteiger partial charge in [0.15, 0.2) is 0 Å². The van der Waals surface area contributed by atoms with Crippen molar-refractivity contribution in [2.45, 2.75) is 0 Å². The van der Waals surface area contributed by atoms with Crippen LogP contribution in [0.3, 0.4) is 0 Å². The van der Waals surface area contributed by atoms with Gasteiger partial charge in [0.05, 0.1) is 10.6 Å². The summed E-state index contributed by atoms with van der Waals surface area (Å²) in [6.45, 7) is 0. The third-order valence-corrected chi connectivity index (χ3v) is 1.72.